The maximum Gasteiger partial charge on any atom is 0.319 e. The van der Waals surface area contributed by atoms with E-state index >= 15 is 0 Å². The molecule has 142 valence electrons. The quantitative estimate of drug-likeness (QED) is 0.506. The summed E-state index contributed by atoms with van der Waals surface area (Å²) >= 11 is 1.13. The van der Waals surface area contributed by atoms with Crippen LogP contribution in [0.25, 0.3) is 0 Å². The van der Waals surface area contributed by atoms with Crippen LogP contribution in [0.4, 0.5) is 15.5 Å². The second-order valence-electron chi connectivity index (χ2n) is 5.23. The van der Waals surface area contributed by atoms with Gasteiger partial charge in [-0.3, -0.25) is 14.4 Å². The van der Waals surface area contributed by atoms with E-state index in [-0.39, 0.29) is 18.5 Å². The lowest BCUT2D eigenvalue weighted by molar-refractivity contribution is -0.147. The minimum atomic E-state index is -0.664. The summed E-state index contributed by atoms with van der Waals surface area (Å²) in [6.07, 6.45) is -0.0962. The van der Waals surface area contributed by atoms with Gasteiger partial charge in [-0.1, -0.05) is 18.2 Å². The van der Waals surface area contributed by atoms with Crippen LogP contribution in [0.3, 0.4) is 0 Å². The summed E-state index contributed by atoms with van der Waals surface area (Å²) in [5.74, 6) is -1.90. The fourth-order valence-electron chi connectivity index (χ4n) is 1.96. The number of anilines is 2. The molecule has 0 aliphatic rings. The lowest BCUT2D eigenvalue weighted by atomic mass is 10.3. The number of rotatable bonds is 8. The molecule has 9 nitrogen and oxygen atoms in total. The van der Waals surface area contributed by atoms with Crippen molar-refractivity contribution in [1.29, 1.82) is 0 Å². The first kappa shape index (κ1) is 19.9. The Balaban J connectivity index is 1.64. The van der Waals surface area contributed by atoms with E-state index in [0.29, 0.717) is 10.7 Å². The molecule has 1 heterocycles. The van der Waals surface area contributed by atoms with Crippen molar-refractivity contribution < 1.29 is 23.9 Å². The number of nitrogens with two attached hydrogens (primary N) is 1. The fourth-order valence-corrected chi connectivity index (χ4v) is 2.76. The first-order valence-corrected chi connectivity index (χ1v) is 8.76. The molecule has 0 spiro atoms. The van der Waals surface area contributed by atoms with E-state index < -0.39 is 30.4 Å². The maximum absolute atomic E-state index is 11.8. The highest BCUT2D eigenvalue weighted by Gasteiger charge is 2.14. The summed E-state index contributed by atoms with van der Waals surface area (Å²) in [4.78, 5) is 46.2. The van der Waals surface area contributed by atoms with Gasteiger partial charge in [0.25, 0.3) is 11.8 Å². The van der Waals surface area contributed by atoms with Crippen molar-refractivity contribution in [3.05, 3.63) is 47.3 Å². The second kappa shape index (κ2) is 9.92. The second-order valence-corrected chi connectivity index (χ2v) is 6.15. The average molecular weight is 390 g/mol. The molecule has 0 aliphatic heterocycles. The molecule has 1 aromatic carbocycles. The van der Waals surface area contributed by atoms with Crippen LogP contribution < -0.4 is 21.7 Å². The monoisotopic (exact) mass is 390 g/mol. The van der Waals surface area contributed by atoms with E-state index in [0.717, 1.165) is 11.3 Å². The van der Waals surface area contributed by atoms with Crippen molar-refractivity contribution in [2.24, 2.45) is 5.73 Å². The van der Waals surface area contributed by atoms with Gasteiger partial charge in [-0.25, -0.2) is 4.79 Å². The van der Waals surface area contributed by atoms with E-state index in [1.165, 1.54) is 6.07 Å². The molecule has 0 aliphatic carbocycles. The number of ether oxygens (including phenoxy) is 1. The first-order chi connectivity index (χ1) is 13.0. The van der Waals surface area contributed by atoms with E-state index in [9.17, 15) is 19.2 Å². The van der Waals surface area contributed by atoms with Gasteiger partial charge in [0.15, 0.2) is 6.61 Å². The van der Waals surface area contributed by atoms with E-state index in [2.05, 4.69) is 16.0 Å². The van der Waals surface area contributed by atoms with Gasteiger partial charge in [0, 0.05) is 12.2 Å². The van der Waals surface area contributed by atoms with Crippen molar-refractivity contribution in [2.75, 3.05) is 23.8 Å². The van der Waals surface area contributed by atoms with E-state index in [4.69, 9.17) is 10.5 Å². The van der Waals surface area contributed by atoms with Crippen molar-refractivity contribution >= 4 is 45.8 Å². The van der Waals surface area contributed by atoms with E-state index in [1.54, 1.807) is 29.6 Å². The Bertz CT molecular complexity index is 822. The van der Waals surface area contributed by atoms with Crippen LogP contribution in [0.2, 0.25) is 0 Å². The number of primary amides is 1. The van der Waals surface area contributed by atoms with Gasteiger partial charge in [-0.15, -0.1) is 11.3 Å². The largest absolute Gasteiger partial charge is 0.456 e. The Morgan fingerprint density at radius 1 is 1.04 bits per heavy atom. The molecule has 10 heteroatoms. The third-order valence-corrected chi connectivity index (χ3v) is 4.02. The zero-order chi connectivity index (χ0) is 19.6. The molecule has 0 atom stereocenters. The number of carbonyl (C=O) groups excluding carboxylic acids is 4. The fraction of sp³-hybridized carbons (Fsp3) is 0.176. The number of benzene rings is 1. The molecular formula is C17H18N4O5S. The van der Waals surface area contributed by atoms with Crippen LogP contribution >= 0.6 is 11.3 Å². The van der Waals surface area contributed by atoms with Gasteiger partial charge in [0.2, 0.25) is 0 Å². The Hall–Kier alpha value is -3.40. The lowest BCUT2D eigenvalue weighted by Gasteiger charge is -2.08. The Kier molecular flexibility index (Phi) is 7.32. The first-order valence-electron chi connectivity index (χ1n) is 7.88. The molecule has 0 saturated heterocycles. The Labute approximate surface area is 158 Å². The molecule has 2 rings (SSSR count). The number of nitrogens with one attached hydrogen (secondary N) is 3. The van der Waals surface area contributed by atoms with Gasteiger partial charge in [0.1, 0.15) is 5.00 Å². The summed E-state index contributed by atoms with van der Waals surface area (Å²) in [6, 6.07) is 9.86. The molecule has 0 saturated carbocycles. The summed E-state index contributed by atoms with van der Waals surface area (Å²) in [6.45, 7) is -0.457. The zero-order valence-corrected chi connectivity index (χ0v) is 15.0. The average Bonchev–Trinajstić information content (AvgIpc) is 3.09. The van der Waals surface area contributed by atoms with Crippen LogP contribution in [0, 0.1) is 0 Å². The van der Waals surface area contributed by atoms with Gasteiger partial charge >= 0.3 is 12.0 Å². The molecular weight excluding hydrogens is 372 g/mol. The van der Waals surface area contributed by atoms with Gasteiger partial charge in [0.05, 0.1) is 12.0 Å². The standard InChI is InChI=1S/C17H18N4O5S/c18-15(24)12-7-9-27-16(12)21-13(22)10-26-14(23)6-8-19-17(25)20-11-4-2-1-3-5-11/h1-5,7,9H,6,8,10H2,(H2,18,24)(H,21,22)(H2,19,20,25). The minimum absolute atomic E-state index is 0.0515. The molecule has 0 radical (unpaired) electrons. The van der Waals surface area contributed by atoms with Crippen molar-refractivity contribution in [2.45, 2.75) is 6.42 Å². The molecule has 5 N–H and O–H groups in total. The predicted octanol–water partition coefficient (Wildman–Crippen LogP) is 1.54. The summed E-state index contributed by atoms with van der Waals surface area (Å²) < 4.78 is 4.82. The van der Waals surface area contributed by atoms with Gasteiger partial charge in [-0.2, -0.15) is 0 Å². The smallest absolute Gasteiger partial charge is 0.319 e. The third kappa shape index (κ3) is 6.78. The molecule has 0 bridgehead atoms. The van der Waals surface area contributed by atoms with Crippen LogP contribution in [-0.4, -0.2) is 37.0 Å². The molecule has 2 aromatic rings. The molecule has 0 fully saturated rings. The van der Waals surface area contributed by atoms with Gasteiger partial charge < -0.3 is 26.4 Å². The highest BCUT2D eigenvalue weighted by molar-refractivity contribution is 7.14. The van der Waals surface area contributed by atoms with Gasteiger partial charge in [-0.05, 0) is 23.6 Å². The maximum atomic E-state index is 11.8. The zero-order valence-electron chi connectivity index (χ0n) is 14.2. The van der Waals surface area contributed by atoms with E-state index in [1.807, 2.05) is 6.07 Å². The summed E-state index contributed by atoms with van der Waals surface area (Å²) in [5.41, 5.74) is 5.99. The number of carbonyl (C=O) groups is 4. The number of para-hydroxylation sites is 1. The third-order valence-electron chi connectivity index (χ3n) is 3.19. The number of urea groups is 1. The number of thiophene rings is 1. The van der Waals surface area contributed by atoms with Crippen LogP contribution in [-0.2, 0) is 14.3 Å². The molecule has 1 aromatic heterocycles. The topological polar surface area (TPSA) is 140 Å². The highest BCUT2D eigenvalue weighted by atomic mass is 32.1. The van der Waals surface area contributed by atoms with Crippen LogP contribution in [0.15, 0.2) is 41.8 Å². The Morgan fingerprint density at radius 2 is 1.78 bits per heavy atom. The normalized spacial score (nSPS) is 9.93. The lowest BCUT2D eigenvalue weighted by Crippen LogP contribution is -2.31. The highest BCUT2D eigenvalue weighted by Crippen LogP contribution is 2.22. The number of amides is 4. The Morgan fingerprint density at radius 3 is 2.48 bits per heavy atom. The summed E-state index contributed by atoms with van der Waals surface area (Å²) in [5, 5.41) is 9.46. The number of esters is 1. The molecule has 4 amide bonds. The molecule has 0 unspecified atom stereocenters. The van der Waals surface area contributed by atoms with Crippen molar-refractivity contribution in [1.82, 2.24) is 5.32 Å². The predicted molar refractivity (Wildman–Crippen MR) is 101 cm³/mol. The SMILES string of the molecule is NC(=O)c1ccsc1NC(=O)COC(=O)CCNC(=O)Nc1ccccc1. The number of hydrogen-bond donors (Lipinski definition) is 4. The van der Waals surface area contributed by atoms with Crippen molar-refractivity contribution in [3.8, 4) is 0 Å². The molecule has 27 heavy (non-hydrogen) atoms. The van der Waals surface area contributed by atoms with Crippen molar-refractivity contribution in [3.63, 3.8) is 0 Å². The van der Waals surface area contributed by atoms with Crippen LogP contribution in [0.1, 0.15) is 16.8 Å². The number of hydrogen-bond acceptors (Lipinski definition) is 6. The minimum Gasteiger partial charge on any atom is -0.456 e. The van der Waals surface area contributed by atoms with Crippen LogP contribution in [0.5, 0.6) is 0 Å². The summed E-state index contributed by atoms with van der Waals surface area (Å²) in [7, 11) is 0.